The van der Waals surface area contributed by atoms with Crippen LogP contribution in [0.2, 0.25) is 0 Å². The second kappa shape index (κ2) is 3.56. The van der Waals surface area contributed by atoms with Crippen molar-refractivity contribution in [1.29, 1.82) is 0 Å². The highest BCUT2D eigenvalue weighted by Gasteiger charge is 2.33. The Morgan fingerprint density at radius 1 is 1.33 bits per heavy atom. The van der Waals surface area contributed by atoms with Crippen molar-refractivity contribution in [2.75, 3.05) is 0 Å². The number of hydrogen-bond acceptors (Lipinski definition) is 4. The Labute approximate surface area is 93.9 Å². The molecule has 0 atom stereocenters. The highest BCUT2D eigenvalue weighted by Crippen LogP contribution is 2.28. The maximum atomic E-state index is 12.2. The van der Waals surface area contributed by atoms with Gasteiger partial charge in [-0.1, -0.05) is 11.3 Å². The van der Waals surface area contributed by atoms with Crippen molar-refractivity contribution in [3.05, 3.63) is 21.9 Å². The van der Waals surface area contributed by atoms with Crippen LogP contribution in [-0.2, 0) is 6.18 Å². The van der Waals surface area contributed by atoms with E-state index in [0.717, 1.165) is 22.1 Å². The second-order valence-electron chi connectivity index (χ2n) is 2.48. The lowest BCUT2D eigenvalue weighted by molar-refractivity contribution is -0.141. The van der Waals surface area contributed by atoms with Gasteiger partial charge in [0.05, 0.1) is 0 Å². The molecule has 15 heavy (non-hydrogen) atoms. The van der Waals surface area contributed by atoms with Gasteiger partial charge < -0.3 is 0 Å². The minimum Gasteiger partial charge on any atom is -0.212 e. The molecule has 2 rings (SSSR count). The molecular formula is C6H2BrF3N4S. The molecule has 4 nitrogen and oxygen atoms in total. The van der Waals surface area contributed by atoms with Crippen molar-refractivity contribution >= 4 is 27.3 Å². The Hall–Kier alpha value is -0.960. The molecule has 0 fully saturated rings. The first-order valence-corrected chi connectivity index (χ1v) is 5.20. The maximum absolute atomic E-state index is 12.2. The summed E-state index contributed by atoms with van der Waals surface area (Å²) in [6.45, 7) is 0. The highest BCUT2D eigenvalue weighted by atomic mass is 79.9. The summed E-state index contributed by atoms with van der Waals surface area (Å²) in [6.07, 6.45) is -3.25. The van der Waals surface area contributed by atoms with Crippen molar-refractivity contribution in [1.82, 2.24) is 20.0 Å². The summed E-state index contributed by atoms with van der Waals surface area (Å²) in [5, 5.41) is 10.9. The van der Waals surface area contributed by atoms with Crippen molar-refractivity contribution in [3.8, 4) is 5.13 Å². The van der Waals surface area contributed by atoms with E-state index in [0.29, 0.717) is 3.92 Å². The van der Waals surface area contributed by atoms with E-state index in [4.69, 9.17) is 0 Å². The molecule has 2 aromatic heterocycles. The quantitative estimate of drug-likeness (QED) is 0.812. The van der Waals surface area contributed by atoms with Gasteiger partial charge in [-0.3, -0.25) is 0 Å². The summed E-state index contributed by atoms with van der Waals surface area (Å²) in [5.41, 5.74) is -0.950. The Morgan fingerprint density at radius 3 is 2.53 bits per heavy atom. The number of halogens is 4. The number of alkyl halides is 3. The van der Waals surface area contributed by atoms with E-state index in [2.05, 4.69) is 31.2 Å². The third-order valence-corrected chi connectivity index (χ3v) is 2.81. The first kappa shape index (κ1) is 10.6. The number of hydrogen-bond donors (Lipinski definition) is 0. The molecule has 0 aliphatic carbocycles. The Morgan fingerprint density at radius 2 is 2.07 bits per heavy atom. The molecule has 0 aliphatic rings. The molecule has 0 radical (unpaired) electrons. The minimum atomic E-state index is -4.44. The molecule has 0 aromatic carbocycles. The standard InChI is InChI=1S/C6H2BrF3N4S/c7-4-11-12-5(15-4)14-2-1-3(13-14)6(8,9)10/h1-2H. The summed E-state index contributed by atoms with van der Waals surface area (Å²) in [6, 6.07) is 0.884. The molecule has 0 amide bonds. The lowest BCUT2D eigenvalue weighted by Crippen LogP contribution is -2.07. The molecule has 0 unspecified atom stereocenters. The Balaban J connectivity index is 2.36. The van der Waals surface area contributed by atoms with Crippen LogP contribution in [0.3, 0.4) is 0 Å². The van der Waals surface area contributed by atoms with Crippen LogP contribution in [0.25, 0.3) is 5.13 Å². The summed E-state index contributed by atoms with van der Waals surface area (Å²) < 4.78 is 38.1. The summed E-state index contributed by atoms with van der Waals surface area (Å²) in [5.74, 6) is 0. The maximum Gasteiger partial charge on any atom is 0.435 e. The van der Waals surface area contributed by atoms with Gasteiger partial charge in [0.25, 0.3) is 0 Å². The fourth-order valence-corrected chi connectivity index (χ4v) is 1.90. The van der Waals surface area contributed by atoms with Crippen LogP contribution in [0.4, 0.5) is 13.2 Å². The van der Waals surface area contributed by atoms with Crippen molar-refractivity contribution in [2.45, 2.75) is 6.18 Å². The molecule has 0 N–H and O–H groups in total. The molecule has 0 bridgehead atoms. The summed E-state index contributed by atoms with van der Waals surface area (Å²) in [7, 11) is 0. The zero-order valence-corrected chi connectivity index (χ0v) is 9.27. The van der Waals surface area contributed by atoms with Gasteiger partial charge in [-0.05, 0) is 22.0 Å². The van der Waals surface area contributed by atoms with Crippen LogP contribution in [0.5, 0.6) is 0 Å². The second-order valence-corrected chi connectivity index (χ2v) is 4.71. The minimum absolute atomic E-state index is 0.275. The SMILES string of the molecule is FC(F)(F)c1ccn(-c2nnc(Br)s2)n1. The molecule has 2 aromatic rings. The van der Waals surface area contributed by atoms with Gasteiger partial charge in [-0.15, -0.1) is 10.2 Å². The van der Waals surface area contributed by atoms with Crippen LogP contribution in [-0.4, -0.2) is 20.0 Å². The van der Waals surface area contributed by atoms with Crippen LogP contribution >= 0.6 is 27.3 Å². The van der Waals surface area contributed by atoms with E-state index in [-0.39, 0.29) is 5.13 Å². The lowest BCUT2D eigenvalue weighted by Gasteiger charge is -1.99. The van der Waals surface area contributed by atoms with E-state index < -0.39 is 11.9 Å². The first-order valence-electron chi connectivity index (χ1n) is 3.59. The predicted octanol–water partition coefficient (Wildman–Crippen LogP) is 2.51. The third kappa shape index (κ3) is 2.17. The molecule has 0 saturated heterocycles. The van der Waals surface area contributed by atoms with Gasteiger partial charge in [-0.25, -0.2) is 4.68 Å². The van der Waals surface area contributed by atoms with E-state index in [9.17, 15) is 13.2 Å². The smallest absolute Gasteiger partial charge is 0.212 e. The van der Waals surface area contributed by atoms with Crippen molar-refractivity contribution in [3.63, 3.8) is 0 Å². The molecule has 80 valence electrons. The molecule has 0 aliphatic heterocycles. The average molecular weight is 299 g/mol. The topological polar surface area (TPSA) is 43.6 Å². The molecule has 0 spiro atoms. The van der Waals surface area contributed by atoms with Crippen LogP contribution in [0, 0.1) is 0 Å². The van der Waals surface area contributed by atoms with Gasteiger partial charge in [0.15, 0.2) is 9.61 Å². The lowest BCUT2D eigenvalue weighted by atomic mass is 10.4. The number of aromatic nitrogens is 4. The molecule has 9 heteroatoms. The fraction of sp³-hybridized carbons (Fsp3) is 0.167. The van der Waals surface area contributed by atoms with Gasteiger partial charge in [0.2, 0.25) is 5.13 Å². The van der Waals surface area contributed by atoms with Crippen molar-refractivity contribution in [2.24, 2.45) is 0 Å². The average Bonchev–Trinajstić information content (AvgIpc) is 2.69. The largest absolute Gasteiger partial charge is 0.435 e. The van der Waals surface area contributed by atoms with E-state index >= 15 is 0 Å². The fourth-order valence-electron chi connectivity index (χ4n) is 0.872. The van der Waals surface area contributed by atoms with Gasteiger partial charge >= 0.3 is 6.18 Å². The molecule has 2 heterocycles. The molecular weight excluding hydrogens is 297 g/mol. The third-order valence-electron chi connectivity index (χ3n) is 1.47. The van der Waals surface area contributed by atoms with Gasteiger partial charge in [0, 0.05) is 6.20 Å². The van der Waals surface area contributed by atoms with Crippen LogP contribution in [0.1, 0.15) is 5.69 Å². The number of nitrogens with zero attached hydrogens (tertiary/aromatic N) is 4. The summed E-state index contributed by atoms with van der Waals surface area (Å²) in [4.78, 5) is 0. The van der Waals surface area contributed by atoms with E-state index in [1.54, 1.807) is 0 Å². The van der Waals surface area contributed by atoms with Gasteiger partial charge in [0.1, 0.15) is 0 Å². The van der Waals surface area contributed by atoms with Gasteiger partial charge in [-0.2, -0.15) is 18.3 Å². The van der Waals surface area contributed by atoms with Crippen LogP contribution in [0.15, 0.2) is 16.2 Å². The van der Waals surface area contributed by atoms with E-state index in [1.165, 1.54) is 6.20 Å². The van der Waals surface area contributed by atoms with Crippen LogP contribution < -0.4 is 0 Å². The summed E-state index contributed by atoms with van der Waals surface area (Å²) >= 11 is 4.15. The normalized spacial score (nSPS) is 12.0. The molecule has 0 saturated carbocycles. The highest BCUT2D eigenvalue weighted by molar-refractivity contribution is 9.11. The van der Waals surface area contributed by atoms with E-state index in [1.807, 2.05) is 0 Å². The monoisotopic (exact) mass is 298 g/mol. The Kier molecular flexibility index (Phi) is 2.51. The van der Waals surface area contributed by atoms with Crippen molar-refractivity contribution < 1.29 is 13.2 Å². The first-order chi connectivity index (χ1) is 6.97. The number of rotatable bonds is 1. The zero-order chi connectivity index (χ0) is 11.1. The predicted molar refractivity (Wildman–Crippen MR) is 49.7 cm³/mol. The zero-order valence-electron chi connectivity index (χ0n) is 6.86. The Bertz CT molecular complexity index is 477.